The Labute approximate surface area is 116 Å². The van der Waals surface area contributed by atoms with Gasteiger partial charge in [0, 0.05) is 17.5 Å². The molecular formula is C12H20BrN3S. The number of rotatable bonds is 5. The van der Waals surface area contributed by atoms with Crippen molar-refractivity contribution >= 4 is 33.2 Å². The van der Waals surface area contributed by atoms with Crippen LogP contribution in [0.5, 0.6) is 0 Å². The van der Waals surface area contributed by atoms with E-state index >= 15 is 0 Å². The van der Waals surface area contributed by atoms with Crippen molar-refractivity contribution < 1.29 is 0 Å². The van der Waals surface area contributed by atoms with Crippen molar-refractivity contribution in [3.8, 4) is 0 Å². The Bertz CT molecular complexity index is 362. The first-order valence-corrected chi connectivity index (χ1v) is 7.55. The molecule has 17 heavy (non-hydrogen) atoms. The molecule has 0 saturated carbocycles. The number of guanidine groups is 1. The fourth-order valence-corrected chi connectivity index (χ4v) is 2.66. The van der Waals surface area contributed by atoms with Crippen LogP contribution >= 0.6 is 27.3 Å². The molecule has 1 rings (SSSR count). The number of aliphatic imine (C=N–C) groups is 1. The van der Waals surface area contributed by atoms with Crippen LogP contribution in [0.15, 0.2) is 20.9 Å². The van der Waals surface area contributed by atoms with Crippen LogP contribution in [0.1, 0.15) is 32.1 Å². The Hall–Kier alpha value is -0.550. The highest BCUT2D eigenvalue weighted by molar-refractivity contribution is 9.11. The van der Waals surface area contributed by atoms with E-state index in [2.05, 4.69) is 64.5 Å². The lowest BCUT2D eigenvalue weighted by molar-refractivity contribution is 0.624. The minimum atomic E-state index is 0.447. The van der Waals surface area contributed by atoms with E-state index in [0.717, 1.165) is 29.3 Å². The molecule has 5 heteroatoms. The van der Waals surface area contributed by atoms with Crippen molar-refractivity contribution in [2.75, 3.05) is 6.54 Å². The molecular weight excluding hydrogens is 298 g/mol. The minimum Gasteiger partial charge on any atom is -0.357 e. The smallest absolute Gasteiger partial charge is 0.191 e. The largest absolute Gasteiger partial charge is 0.357 e. The summed E-state index contributed by atoms with van der Waals surface area (Å²) in [5.41, 5.74) is 0. The van der Waals surface area contributed by atoms with Crippen molar-refractivity contribution in [3.05, 3.63) is 20.8 Å². The normalized spacial score (nSPS) is 13.5. The molecule has 3 nitrogen and oxygen atoms in total. The summed E-state index contributed by atoms with van der Waals surface area (Å²) in [6.07, 6.45) is 1.09. The maximum absolute atomic E-state index is 4.57. The number of hydrogen-bond acceptors (Lipinski definition) is 2. The summed E-state index contributed by atoms with van der Waals surface area (Å²) in [6.45, 7) is 8.01. The molecule has 0 amide bonds. The number of nitrogens with one attached hydrogen (secondary N) is 2. The summed E-state index contributed by atoms with van der Waals surface area (Å²) in [4.78, 5) is 5.83. The average molecular weight is 318 g/mol. The second kappa shape index (κ2) is 7.71. The zero-order chi connectivity index (χ0) is 12.7. The van der Waals surface area contributed by atoms with E-state index in [9.17, 15) is 0 Å². The number of halogens is 1. The predicted octanol–water partition coefficient (Wildman–Crippen LogP) is 3.36. The fourth-order valence-electron chi connectivity index (χ4n) is 1.25. The van der Waals surface area contributed by atoms with E-state index in [1.807, 2.05) is 0 Å². The molecule has 0 aromatic carbocycles. The summed E-state index contributed by atoms with van der Waals surface area (Å²) in [5, 5.41) is 6.63. The number of hydrogen-bond donors (Lipinski definition) is 2. The van der Waals surface area contributed by atoms with E-state index in [4.69, 9.17) is 0 Å². The standard InChI is InChI=1S/C12H20BrN3S/c1-4-9(3)16-12(14-5-2)15-8-10-6-7-11(13)17-10/h6-7,9H,4-5,8H2,1-3H3,(H2,14,15,16). The van der Waals surface area contributed by atoms with Gasteiger partial charge in [0.15, 0.2) is 5.96 Å². The van der Waals surface area contributed by atoms with Gasteiger partial charge in [-0.3, -0.25) is 0 Å². The highest BCUT2D eigenvalue weighted by Gasteiger charge is 2.03. The Kier molecular flexibility index (Phi) is 6.58. The van der Waals surface area contributed by atoms with Gasteiger partial charge in [-0.25, -0.2) is 4.99 Å². The van der Waals surface area contributed by atoms with E-state index < -0.39 is 0 Å². The third-order valence-electron chi connectivity index (χ3n) is 2.36. The summed E-state index contributed by atoms with van der Waals surface area (Å²) in [6, 6.07) is 4.61. The molecule has 0 aliphatic heterocycles. The van der Waals surface area contributed by atoms with Crippen LogP contribution in [0, 0.1) is 0 Å². The molecule has 0 fully saturated rings. The van der Waals surface area contributed by atoms with Crippen LogP contribution in [0.2, 0.25) is 0 Å². The van der Waals surface area contributed by atoms with Crippen LogP contribution in [0.25, 0.3) is 0 Å². The zero-order valence-corrected chi connectivity index (χ0v) is 13.0. The van der Waals surface area contributed by atoms with Gasteiger partial charge in [-0.1, -0.05) is 6.92 Å². The lowest BCUT2D eigenvalue weighted by Gasteiger charge is -2.15. The molecule has 1 unspecified atom stereocenters. The Morgan fingerprint density at radius 1 is 1.47 bits per heavy atom. The summed E-state index contributed by atoms with van der Waals surface area (Å²) < 4.78 is 1.16. The van der Waals surface area contributed by atoms with Crippen molar-refractivity contribution in [2.24, 2.45) is 4.99 Å². The highest BCUT2D eigenvalue weighted by atomic mass is 79.9. The van der Waals surface area contributed by atoms with Crippen molar-refractivity contribution in [1.29, 1.82) is 0 Å². The second-order valence-corrected chi connectivity index (χ2v) is 6.40. The number of nitrogens with zero attached hydrogens (tertiary/aromatic N) is 1. The van der Waals surface area contributed by atoms with Gasteiger partial charge < -0.3 is 10.6 Å². The van der Waals surface area contributed by atoms with E-state index in [-0.39, 0.29) is 0 Å². The van der Waals surface area contributed by atoms with Gasteiger partial charge in [0.1, 0.15) is 0 Å². The van der Waals surface area contributed by atoms with Crippen LogP contribution in [0.4, 0.5) is 0 Å². The Morgan fingerprint density at radius 2 is 2.24 bits per heavy atom. The van der Waals surface area contributed by atoms with Crippen molar-refractivity contribution in [3.63, 3.8) is 0 Å². The van der Waals surface area contributed by atoms with Crippen LogP contribution in [-0.2, 0) is 6.54 Å². The molecule has 1 atom stereocenters. The Balaban J connectivity index is 2.56. The summed E-state index contributed by atoms with van der Waals surface area (Å²) >= 11 is 5.19. The Morgan fingerprint density at radius 3 is 2.76 bits per heavy atom. The molecule has 0 aliphatic carbocycles. The first-order chi connectivity index (χ1) is 8.15. The maximum Gasteiger partial charge on any atom is 0.191 e. The van der Waals surface area contributed by atoms with Crippen LogP contribution in [0.3, 0.4) is 0 Å². The van der Waals surface area contributed by atoms with Crippen molar-refractivity contribution in [2.45, 2.75) is 39.8 Å². The third kappa shape index (κ3) is 5.55. The first-order valence-electron chi connectivity index (χ1n) is 5.94. The fraction of sp³-hybridized carbons (Fsp3) is 0.583. The topological polar surface area (TPSA) is 36.4 Å². The van der Waals surface area contributed by atoms with Crippen LogP contribution < -0.4 is 10.6 Å². The monoisotopic (exact) mass is 317 g/mol. The summed E-state index contributed by atoms with van der Waals surface area (Å²) in [5.74, 6) is 0.895. The molecule has 1 heterocycles. The molecule has 1 aromatic rings. The van der Waals surface area contributed by atoms with Gasteiger partial charge in [-0.05, 0) is 48.3 Å². The van der Waals surface area contributed by atoms with Gasteiger partial charge in [-0.15, -0.1) is 11.3 Å². The minimum absolute atomic E-state index is 0.447. The zero-order valence-electron chi connectivity index (χ0n) is 10.6. The molecule has 0 spiro atoms. The molecule has 96 valence electrons. The third-order valence-corrected chi connectivity index (χ3v) is 3.97. The van der Waals surface area contributed by atoms with E-state index in [1.54, 1.807) is 11.3 Å². The van der Waals surface area contributed by atoms with Gasteiger partial charge in [-0.2, -0.15) is 0 Å². The van der Waals surface area contributed by atoms with E-state index in [1.165, 1.54) is 4.88 Å². The van der Waals surface area contributed by atoms with Gasteiger partial charge in [0.05, 0.1) is 10.3 Å². The van der Waals surface area contributed by atoms with Crippen molar-refractivity contribution in [1.82, 2.24) is 10.6 Å². The van der Waals surface area contributed by atoms with Gasteiger partial charge in [0.25, 0.3) is 0 Å². The van der Waals surface area contributed by atoms with Gasteiger partial charge in [0.2, 0.25) is 0 Å². The lowest BCUT2D eigenvalue weighted by atomic mass is 10.3. The molecule has 0 aliphatic rings. The second-order valence-electron chi connectivity index (χ2n) is 3.85. The molecule has 0 radical (unpaired) electrons. The highest BCUT2D eigenvalue weighted by Crippen LogP contribution is 2.22. The molecule has 2 N–H and O–H groups in total. The predicted molar refractivity (Wildman–Crippen MR) is 79.7 cm³/mol. The number of thiophene rings is 1. The van der Waals surface area contributed by atoms with Crippen LogP contribution in [-0.4, -0.2) is 18.5 Å². The molecule has 1 aromatic heterocycles. The van der Waals surface area contributed by atoms with Gasteiger partial charge >= 0.3 is 0 Å². The first kappa shape index (κ1) is 14.5. The SMILES string of the molecule is CCNC(=NCc1ccc(Br)s1)NC(C)CC. The lowest BCUT2D eigenvalue weighted by Crippen LogP contribution is -2.41. The molecule has 0 saturated heterocycles. The quantitative estimate of drug-likeness (QED) is 0.645. The average Bonchev–Trinajstić information content (AvgIpc) is 2.72. The van der Waals surface area contributed by atoms with E-state index in [0.29, 0.717) is 6.04 Å². The molecule has 0 bridgehead atoms. The summed E-state index contributed by atoms with van der Waals surface area (Å²) in [7, 11) is 0. The maximum atomic E-state index is 4.57.